The molecular formula is C56H92O6. The first-order chi connectivity index (χ1) is 30.5. The van der Waals surface area contributed by atoms with E-state index >= 15 is 0 Å². The molecule has 0 amide bonds. The Balaban J connectivity index is 4.49. The van der Waals surface area contributed by atoms with Gasteiger partial charge in [-0.2, -0.15) is 0 Å². The van der Waals surface area contributed by atoms with Crippen LogP contribution in [0.3, 0.4) is 0 Å². The highest BCUT2D eigenvalue weighted by molar-refractivity contribution is 5.71. The SMILES string of the molecule is CC/C=C\C/C=C\C/C=C\CCCCCCCC(=O)OC(COC(=O)CCCCC/C=C\C/C=C\C/C=C\CC)COC(=O)CCCCCCC/C=C\C/C=C\CCCCCC. The second kappa shape index (κ2) is 50.0. The van der Waals surface area contributed by atoms with Gasteiger partial charge in [0.1, 0.15) is 13.2 Å². The van der Waals surface area contributed by atoms with E-state index in [1.165, 1.54) is 32.1 Å². The first kappa shape index (κ1) is 58.3. The van der Waals surface area contributed by atoms with Gasteiger partial charge >= 0.3 is 17.9 Å². The second-order valence-corrected chi connectivity index (χ2v) is 16.3. The van der Waals surface area contributed by atoms with Gasteiger partial charge in [-0.15, -0.1) is 0 Å². The predicted octanol–water partition coefficient (Wildman–Crippen LogP) is 16.6. The van der Waals surface area contributed by atoms with Gasteiger partial charge in [-0.25, -0.2) is 0 Å². The van der Waals surface area contributed by atoms with Crippen LogP contribution in [0, 0.1) is 0 Å². The van der Waals surface area contributed by atoms with Crippen molar-refractivity contribution in [2.45, 2.75) is 226 Å². The summed E-state index contributed by atoms with van der Waals surface area (Å²) in [5.74, 6) is -0.967. The summed E-state index contributed by atoms with van der Waals surface area (Å²) in [7, 11) is 0. The van der Waals surface area contributed by atoms with Gasteiger partial charge in [-0.3, -0.25) is 14.4 Å². The number of rotatable bonds is 44. The van der Waals surface area contributed by atoms with Crippen LogP contribution in [0.1, 0.15) is 220 Å². The molecule has 0 N–H and O–H groups in total. The minimum absolute atomic E-state index is 0.103. The summed E-state index contributed by atoms with van der Waals surface area (Å²) in [5, 5.41) is 0. The van der Waals surface area contributed by atoms with Crippen molar-refractivity contribution in [1.29, 1.82) is 0 Å². The highest BCUT2D eigenvalue weighted by Gasteiger charge is 2.19. The number of hydrogen-bond acceptors (Lipinski definition) is 6. The monoisotopic (exact) mass is 861 g/mol. The number of unbranched alkanes of at least 4 members (excludes halogenated alkanes) is 17. The molecule has 1 atom stereocenters. The van der Waals surface area contributed by atoms with E-state index in [0.717, 1.165) is 148 Å². The van der Waals surface area contributed by atoms with Crippen molar-refractivity contribution in [1.82, 2.24) is 0 Å². The zero-order valence-corrected chi connectivity index (χ0v) is 40.1. The fourth-order valence-corrected chi connectivity index (χ4v) is 6.56. The van der Waals surface area contributed by atoms with Crippen LogP contribution in [0.25, 0.3) is 0 Å². The van der Waals surface area contributed by atoms with Gasteiger partial charge in [0.05, 0.1) is 0 Å². The minimum Gasteiger partial charge on any atom is -0.462 e. The molecule has 0 rings (SSSR count). The smallest absolute Gasteiger partial charge is 0.306 e. The molecule has 0 spiro atoms. The van der Waals surface area contributed by atoms with Crippen LogP contribution in [0.15, 0.2) is 97.2 Å². The highest BCUT2D eigenvalue weighted by atomic mass is 16.6. The van der Waals surface area contributed by atoms with E-state index in [4.69, 9.17) is 14.2 Å². The topological polar surface area (TPSA) is 78.9 Å². The lowest BCUT2D eigenvalue weighted by atomic mass is 10.1. The van der Waals surface area contributed by atoms with Gasteiger partial charge in [-0.1, -0.05) is 182 Å². The van der Waals surface area contributed by atoms with Crippen molar-refractivity contribution in [2.24, 2.45) is 0 Å². The Bertz CT molecular complexity index is 1260. The fraction of sp³-hybridized carbons (Fsp3) is 0.661. The van der Waals surface area contributed by atoms with Gasteiger partial charge in [0.25, 0.3) is 0 Å². The number of allylic oxidation sites excluding steroid dienone is 16. The maximum atomic E-state index is 12.8. The number of carbonyl (C=O) groups excluding carboxylic acids is 3. The maximum absolute atomic E-state index is 12.8. The molecule has 0 aliphatic carbocycles. The molecule has 0 aromatic heterocycles. The third kappa shape index (κ3) is 47.4. The van der Waals surface area contributed by atoms with E-state index in [2.05, 4.69) is 118 Å². The first-order valence-electron chi connectivity index (χ1n) is 25.2. The Labute approximate surface area is 381 Å². The van der Waals surface area contributed by atoms with Crippen LogP contribution >= 0.6 is 0 Å². The minimum atomic E-state index is -0.805. The highest BCUT2D eigenvalue weighted by Crippen LogP contribution is 2.13. The summed E-state index contributed by atoms with van der Waals surface area (Å²) in [6, 6.07) is 0. The van der Waals surface area contributed by atoms with E-state index in [-0.39, 0.29) is 31.1 Å². The van der Waals surface area contributed by atoms with Crippen molar-refractivity contribution in [3.8, 4) is 0 Å². The molecule has 0 bridgehead atoms. The lowest BCUT2D eigenvalue weighted by Gasteiger charge is -2.18. The maximum Gasteiger partial charge on any atom is 0.306 e. The van der Waals surface area contributed by atoms with Gasteiger partial charge in [-0.05, 0) is 116 Å². The van der Waals surface area contributed by atoms with Crippen LogP contribution in [0.2, 0.25) is 0 Å². The number of carbonyl (C=O) groups is 3. The molecule has 1 unspecified atom stereocenters. The summed E-state index contributed by atoms with van der Waals surface area (Å²) in [5.41, 5.74) is 0. The molecule has 0 aliphatic rings. The summed E-state index contributed by atoms with van der Waals surface area (Å²) < 4.78 is 16.7. The summed E-state index contributed by atoms with van der Waals surface area (Å²) in [6.45, 7) is 6.33. The molecule has 0 radical (unpaired) electrons. The molecule has 0 aliphatic heterocycles. The summed E-state index contributed by atoms with van der Waals surface area (Å²) in [4.78, 5) is 37.9. The van der Waals surface area contributed by atoms with E-state index in [9.17, 15) is 14.4 Å². The molecule has 0 aromatic carbocycles. The van der Waals surface area contributed by atoms with Crippen molar-refractivity contribution in [2.75, 3.05) is 13.2 Å². The molecule has 6 heteroatoms. The van der Waals surface area contributed by atoms with E-state index < -0.39 is 6.10 Å². The van der Waals surface area contributed by atoms with Crippen molar-refractivity contribution >= 4 is 17.9 Å². The lowest BCUT2D eigenvalue weighted by molar-refractivity contribution is -0.167. The van der Waals surface area contributed by atoms with Crippen LogP contribution in [0.5, 0.6) is 0 Å². The molecule has 0 fully saturated rings. The van der Waals surface area contributed by atoms with Gasteiger partial charge in [0.2, 0.25) is 0 Å². The van der Waals surface area contributed by atoms with Gasteiger partial charge in [0.15, 0.2) is 6.10 Å². The number of esters is 3. The van der Waals surface area contributed by atoms with E-state index in [0.29, 0.717) is 19.3 Å². The normalized spacial score (nSPS) is 12.9. The quantitative estimate of drug-likeness (QED) is 0.0263. The van der Waals surface area contributed by atoms with Crippen LogP contribution in [-0.4, -0.2) is 37.2 Å². The van der Waals surface area contributed by atoms with Crippen molar-refractivity contribution < 1.29 is 28.6 Å². The number of hydrogen-bond donors (Lipinski definition) is 0. The molecule has 0 heterocycles. The molecule has 0 saturated heterocycles. The van der Waals surface area contributed by atoms with Crippen LogP contribution < -0.4 is 0 Å². The Hall–Kier alpha value is -3.67. The zero-order chi connectivity index (χ0) is 45.1. The van der Waals surface area contributed by atoms with E-state index in [1.54, 1.807) is 0 Å². The second-order valence-electron chi connectivity index (χ2n) is 16.3. The molecular weight excluding hydrogens is 769 g/mol. The standard InChI is InChI=1S/C56H92O6/c1-4-7-10-13-16-19-22-25-27-29-31-34-37-40-43-46-49-55(58)61-52-53(51-60-54(57)48-45-42-39-36-33-30-24-21-18-15-12-9-6-3)62-56(59)50-47-44-41-38-35-32-28-26-23-20-17-14-11-8-5-2/h8-9,11-12,17-22,26-30,33,53H,4-7,10,13-16,23-25,31-32,34-52H2,1-3H3/b11-8-,12-9-,20-17-,21-18-,22-19-,28-26-,29-27-,33-30-. The van der Waals surface area contributed by atoms with Crippen LogP contribution in [-0.2, 0) is 28.6 Å². The van der Waals surface area contributed by atoms with E-state index in [1.807, 2.05) is 0 Å². The summed E-state index contributed by atoms with van der Waals surface area (Å²) >= 11 is 0. The third-order valence-corrected chi connectivity index (χ3v) is 10.3. The Morgan fingerprint density at radius 1 is 0.339 bits per heavy atom. The van der Waals surface area contributed by atoms with Gasteiger partial charge < -0.3 is 14.2 Å². The molecule has 352 valence electrons. The lowest BCUT2D eigenvalue weighted by Crippen LogP contribution is -2.30. The average molecular weight is 861 g/mol. The Morgan fingerprint density at radius 3 is 1.00 bits per heavy atom. The molecule has 0 saturated carbocycles. The third-order valence-electron chi connectivity index (χ3n) is 10.3. The van der Waals surface area contributed by atoms with Crippen LogP contribution in [0.4, 0.5) is 0 Å². The average Bonchev–Trinajstić information content (AvgIpc) is 3.27. The van der Waals surface area contributed by atoms with Crippen molar-refractivity contribution in [3.63, 3.8) is 0 Å². The first-order valence-corrected chi connectivity index (χ1v) is 25.2. The fourth-order valence-electron chi connectivity index (χ4n) is 6.56. The number of ether oxygens (including phenoxy) is 3. The van der Waals surface area contributed by atoms with Gasteiger partial charge in [0, 0.05) is 19.3 Å². The Kier molecular flexibility index (Phi) is 47.0. The zero-order valence-electron chi connectivity index (χ0n) is 40.1. The largest absolute Gasteiger partial charge is 0.462 e. The molecule has 0 aromatic rings. The predicted molar refractivity (Wildman–Crippen MR) is 265 cm³/mol. The Morgan fingerprint density at radius 2 is 0.629 bits per heavy atom. The molecule has 6 nitrogen and oxygen atoms in total. The van der Waals surface area contributed by atoms with Crippen molar-refractivity contribution in [3.05, 3.63) is 97.2 Å². The molecule has 62 heavy (non-hydrogen) atoms. The summed E-state index contributed by atoms with van der Waals surface area (Å²) in [6.07, 6.45) is 65.3.